The van der Waals surface area contributed by atoms with Crippen molar-refractivity contribution in [3.05, 3.63) is 109 Å². The number of benzene rings is 4. The van der Waals surface area contributed by atoms with Crippen LogP contribution in [0.15, 0.2) is 109 Å². The van der Waals surface area contributed by atoms with Gasteiger partial charge in [-0.05, 0) is 54.1 Å². The predicted octanol–water partition coefficient (Wildman–Crippen LogP) is 7.92. The monoisotopic (exact) mass is 393 g/mol. The normalized spacial score (nSPS) is 11.6. The Balaban J connectivity index is 1.91. The fraction of sp³-hybridized carbons (Fsp3) is 0.0370. The van der Waals surface area contributed by atoms with E-state index >= 15 is 0 Å². The van der Waals surface area contributed by atoms with Gasteiger partial charge in [-0.3, -0.25) is 0 Å². The summed E-state index contributed by atoms with van der Waals surface area (Å²) in [5.74, 6) is 0.879. The lowest BCUT2D eigenvalue weighted by Crippen LogP contribution is -1.84. The van der Waals surface area contributed by atoms with E-state index in [4.69, 9.17) is 4.74 Å². The van der Waals surface area contributed by atoms with Gasteiger partial charge in [-0.1, -0.05) is 60.7 Å². The number of fused-ring (bicyclic) bond motifs is 1. The number of ether oxygens (including phenoxy) is 1. The summed E-state index contributed by atoms with van der Waals surface area (Å²) < 4.78 is 6.78. The van der Waals surface area contributed by atoms with Gasteiger partial charge in [-0.25, -0.2) is 0 Å². The zero-order valence-electron chi connectivity index (χ0n) is 16.2. The Bertz CT molecular complexity index is 1250. The van der Waals surface area contributed by atoms with Crippen molar-refractivity contribution < 1.29 is 4.74 Å². The molecule has 1 heterocycles. The largest absolute Gasteiger partial charge is 0.497 e. The molecule has 0 aliphatic rings. The molecule has 29 heavy (non-hydrogen) atoms. The molecule has 1 unspecified atom stereocenters. The molecule has 4 aromatic carbocycles. The standard InChI is InChI=1S/C27H21OS/c1-28-22-18-16-20(17-19-22)26-24-14-8-9-15-25(24)29(23-12-6-3-7-13-23)27(26)21-10-4-2-5-11-21/h2-19H,1H3/q+1. The van der Waals surface area contributed by atoms with E-state index in [1.807, 2.05) is 12.1 Å². The Morgan fingerprint density at radius 1 is 0.586 bits per heavy atom. The number of hydrogen-bond donors (Lipinski definition) is 0. The third-order valence-corrected chi connectivity index (χ3v) is 7.59. The minimum absolute atomic E-state index is 0.144. The van der Waals surface area contributed by atoms with Crippen molar-refractivity contribution >= 4 is 20.6 Å². The van der Waals surface area contributed by atoms with Crippen LogP contribution in [-0.4, -0.2) is 7.11 Å². The van der Waals surface area contributed by atoms with Gasteiger partial charge in [-0.15, -0.1) is 0 Å². The summed E-state index contributed by atoms with van der Waals surface area (Å²) in [6.07, 6.45) is 0. The topological polar surface area (TPSA) is 9.23 Å². The molecule has 0 amide bonds. The van der Waals surface area contributed by atoms with Crippen LogP contribution in [0.1, 0.15) is 0 Å². The molecule has 0 saturated carbocycles. The van der Waals surface area contributed by atoms with E-state index in [1.54, 1.807) is 7.11 Å². The Morgan fingerprint density at radius 2 is 1.21 bits per heavy atom. The average molecular weight is 394 g/mol. The maximum Gasteiger partial charge on any atom is 0.195 e. The molecular formula is C27H21OS+. The van der Waals surface area contributed by atoms with Gasteiger partial charge in [-0.2, -0.15) is 0 Å². The van der Waals surface area contributed by atoms with Crippen molar-refractivity contribution in [2.75, 3.05) is 7.11 Å². The fourth-order valence-corrected chi connectivity index (χ4v) is 6.43. The second-order valence-corrected chi connectivity index (χ2v) is 8.85. The van der Waals surface area contributed by atoms with E-state index in [0.717, 1.165) is 5.75 Å². The lowest BCUT2D eigenvalue weighted by Gasteiger charge is -2.05. The summed E-state index contributed by atoms with van der Waals surface area (Å²) in [6, 6.07) is 38.9. The Hall–Kier alpha value is -3.36. The van der Waals surface area contributed by atoms with Crippen molar-refractivity contribution in [1.82, 2.24) is 0 Å². The highest BCUT2D eigenvalue weighted by Crippen LogP contribution is 2.55. The minimum Gasteiger partial charge on any atom is -0.497 e. The van der Waals surface area contributed by atoms with E-state index in [2.05, 4.69) is 97.1 Å². The van der Waals surface area contributed by atoms with Gasteiger partial charge in [0.05, 0.1) is 12.7 Å². The van der Waals surface area contributed by atoms with Gasteiger partial charge in [0.15, 0.2) is 14.5 Å². The zero-order chi connectivity index (χ0) is 19.6. The molecule has 1 atom stereocenters. The van der Waals surface area contributed by atoms with Crippen LogP contribution < -0.4 is 4.74 Å². The molecule has 0 fully saturated rings. The Morgan fingerprint density at radius 3 is 1.90 bits per heavy atom. The summed E-state index contributed by atoms with van der Waals surface area (Å²) >= 11 is 0. The van der Waals surface area contributed by atoms with Gasteiger partial charge in [0, 0.05) is 21.4 Å². The second kappa shape index (κ2) is 7.57. The number of thiophene rings is 1. The number of methoxy groups -OCH3 is 1. The lowest BCUT2D eigenvalue weighted by atomic mass is 9.99. The van der Waals surface area contributed by atoms with E-state index in [0.29, 0.717) is 0 Å². The SMILES string of the molecule is COc1ccc(-c2c(-c3ccccc3)[s+](-c3ccccc3)c3ccccc23)cc1. The Kier molecular flexibility index (Phi) is 4.63. The number of rotatable bonds is 4. The first-order valence-corrected chi connectivity index (χ1v) is 10.9. The highest BCUT2D eigenvalue weighted by atomic mass is 32.2. The van der Waals surface area contributed by atoms with Crippen LogP contribution in [0.2, 0.25) is 0 Å². The van der Waals surface area contributed by atoms with Crippen LogP contribution in [-0.2, 0) is 0 Å². The van der Waals surface area contributed by atoms with Gasteiger partial charge < -0.3 is 4.74 Å². The van der Waals surface area contributed by atoms with E-state index < -0.39 is 0 Å². The van der Waals surface area contributed by atoms with Gasteiger partial charge in [0.25, 0.3) is 0 Å². The Labute approximate surface area is 173 Å². The minimum atomic E-state index is -0.144. The van der Waals surface area contributed by atoms with Crippen molar-refractivity contribution in [2.45, 2.75) is 0 Å². The third-order valence-electron chi connectivity index (χ3n) is 5.20. The highest BCUT2D eigenvalue weighted by molar-refractivity contribution is 7.48. The molecule has 0 spiro atoms. The molecule has 1 aromatic heterocycles. The molecule has 140 valence electrons. The van der Waals surface area contributed by atoms with Crippen LogP contribution in [0.4, 0.5) is 0 Å². The highest BCUT2D eigenvalue weighted by Gasteiger charge is 2.30. The zero-order valence-corrected chi connectivity index (χ0v) is 17.0. The van der Waals surface area contributed by atoms with Crippen LogP contribution in [0, 0.1) is 0 Å². The molecule has 0 radical (unpaired) electrons. The molecule has 2 heteroatoms. The molecule has 1 nitrogen and oxygen atoms in total. The summed E-state index contributed by atoms with van der Waals surface area (Å²) in [4.78, 5) is 2.74. The smallest absolute Gasteiger partial charge is 0.195 e. The van der Waals surface area contributed by atoms with Crippen LogP contribution in [0.25, 0.3) is 36.5 Å². The maximum absolute atomic E-state index is 5.39. The third kappa shape index (κ3) is 3.12. The molecule has 5 rings (SSSR count). The molecule has 0 saturated heterocycles. The van der Waals surface area contributed by atoms with Crippen molar-refractivity contribution in [2.24, 2.45) is 0 Å². The second-order valence-electron chi connectivity index (χ2n) is 6.91. The van der Waals surface area contributed by atoms with E-state index in [9.17, 15) is 0 Å². The summed E-state index contributed by atoms with van der Waals surface area (Å²) in [7, 11) is 1.57. The predicted molar refractivity (Wildman–Crippen MR) is 125 cm³/mol. The lowest BCUT2D eigenvalue weighted by molar-refractivity contribution is 0.415. The molecule has 5 aromatic rings. The molecule has 0 aliphatic carbocycles. The quantitative estimate of drug-likeness (QED) is 0.282. The van der Waals surface area contributed by atoms with E-state index in [-0.39, 0.29) is 10.5 Å². The summed E-state index contributed by atoms with van der Waals surface area (Å²) in [5, 5.41) is 1.32. The first kappa shape index (κ1) is 17.7. The maximum atomic E-state index is 5.39. The van der Waals surface area contributed by atoms with Gasteiger partial charge in [0.2, 0.25) is 0 Å². The van der Waals surface area contributed by atoms with Crippen molar-refractivity contribution in [3.63, 3.8) is 0 Å². The van der Waals surface area contributed by atoms with Crippen LogP contribution in [0.5, 0.6) is 5.75 Å². The van der Waals surface area contributed by atoms with E-state index in [1.165, 1.54) is 36.5 Å². The van der Waals surface area contributed by atoms with Crippen LogP contribution >= 0.6 is 10.5 Å². The molecule has 0 bridgehead atoms. The summed E-state index contributed by atoms with van der Waals surface area (Å²) in [5.41, 5.74) is 3.83. The molecule has 0 aliphatic heterocycles. The molecule has 0 N–H and O–H groups in total. The van der Waals surface area contributed by atoms with Crippen molar-refractivity contribution in [1.29, 1.82) is 0 Å². The molecular weight excluding hydrogens is 372 g/mol. The number of hydrogen-bond acceptors (Lipinski definition) is 1. The van der Waals surface area contributed by atoms with Crippen molar-refractivity contribution in [3.8, 4) is 32.2 Å². The van der Waals surface area contributed by atoms with Crippen LogP contribution in [0.3, 0.4) is 0 Å². The average Bonchev–Trinajstić information content (AvgIpc) is 3.15. The van der Waals surface area contributed by atoms with Gasteiger partial charge in [0.1, 0.15) is 5.75 Å². The first-order chi connectivity index (χ1) is 14.4. The summed E-state index contributed by atoms with van der Waals surface area (Å²) in [6.45, 7) is 0. The first-order valence-electron chi connectivity index (χ1n) is 9.69. The fourth-order valence-electron chi connectivity index (χ4n) is 3.88. The van der Waals surface area contributed by atoms with Gasteiger partial charge >= 0.3 is 0 Å².